The van der Waals surface area contributed by atoms with Crippen molar-refractivity contribution in [2.24, 2.45) is 11.3 Å². The molecule has 0 radical (unpaired) electrons. The van der Waals surface area contributed by atoms with Crippen molar-refractivity contribution >= 4 is 11.9 Å². The van der Waals surface area contributed by atoms with Crippen LogP contribution in [-0.4, -0.2) is 54.5 Å². The smallest absolute Gasteiger partial charge is 0.481 e. The van der Waals surface area contributed by atoms with E-state index in [0.29, 0.717) is 19.6 Å². The Kier molecular flexibility index (Phi) is 5.32. The number of benzene rings is 1. The molecule has 0 spiro atoms. The lowest BCUT2D eigenvalue weighted by Gasteiger charge is -2.33. The number of rotatable bonds is 5. The number of nitrogens with zero attached hydrogens (tertiary/aromatic N) is 1. The fraction of sp³-hybridized carbons (Fsp3) is 0.556. The van der Waals surface area contributed by atoms with Gasteiger partial charge in [0.1, 0.15) is 5.75 Å². The monoisotopic (exact) mass is 387 g/mol. The number of likely N-dealkylation sites (tertiary alicyclic amines) is 1. The van der Waals surface area contributed by atoms with Gasteiger partial charge in [-0.2, -0.15) is 0 Å². The zero-order chi connectivity index (χ0) is 19.7. The maximum absolute atomic E-state index is 12.6. The average molecular weight is 387 g/mol. The molecule has 2 saturated heterocycles. The molecule has 148 valence electrons. The normalized spacial score (nSPS) is 25.1. The fourth-order valence-electron chi connectivity index (χ4n) is 3.82. The highest BCUT2D eigenvalue weighted by atomic mass is 19.4. The quantitative estimate of drug-likeness (QED) is 0.840. The van der Waals surface area contributed by atoms with Gasteiger partial charge in [0.05, 0.1) is 12.0 Å². The Bertz CT molecular complexity index is 723. The van der Waals surface area contributed by atoms with E-state index in [1.54, 1.807) is 6.07 Å². The van der Waals surface area contributed by atoms with Gasteiger partial charge in [-0.3, -0.25) is 9.59 Å². The molecule has 0 bridgehead atoms. The van der Waals surface area contributed by atoms with Crippen LogP contribution in [0.25, 0.3) is 0 Å². The molecule has 0 unspecified atom stereocenters. The van der Waals surface area contributed by atoms with E-state index >= 15 is 0 Å². The zero-order valence-electron chi connectivity index (χ0n) is 14.5. The number of hydrogen-bond acceptors (Lipinski definition) is 4. The number of amides is 1. The first kappa shape index (κ1) is 19.5. The SMILES string of the molecule is O=C(CCc1ccccc1OC(F)(F)F)N1C[C@H]2COCC[C@@]2(C(=O)O)C1. The van der Waals surface area contributed by atoms with Gasteiger partial charge in [-0.05, 0) is 24.5 Å². The summed E-state index contributed by atoms with van der Waals surface area (Å²) in [6.07, 6.45) is -4.41. The van der Waals surface area contributed by atoms with Crippen molar-refractivity contribution in [3.05, 3.63) is 29.8 Å². The third-order valence-corrected chi connectivity index (χ3v) is 5.29. The maximum atomic E-state index is 12.6. The number of aliphatic carboxylic acids is 1. The second-order valence-electron chi connectivity index (χ2n) is 6.91. The Morgan fingerprint density at radius 2 is 2.07 bits per heavy atom. The van der Waals surface area contributed by atoms with Crippen LogP contribution in [0.1, 0.15) is 18.4 Å². The Hall–Kier alpha value is -2.29. The topological polar surface area (TPSA) is 76.1 Å². The van der Waals surface area contributed by atoms with Crippen LogP contribution in [0.15, 0.2) is 24.3 Å². The Morgan fingerprint density at radius 3 is 2.74 bits per heavy atom. The lowest BCUT2D eigenvalue weighted by Crippen LogP contribution is -2.45. The van der Waals surface area contributed by atoms with E-state index in [1.165, 1.54) is 23.1 Å². The van der Waals surface area contributed by atoms with E-state index in [0.717, 1.165) is 0 Å². The number of carboxylic acids is 1. The molecule has 1 aromatic rings. The van der Waals surface area contributed by atoms with E-state index in [4.69, 9.17) is 4.74 Å². The largest absolute Gasteiger partial charge is 0.573 e. The lowest BCUT2D eigenvalue weighted by atomic mass is 9.74. The Balaban J connectivity index is 1.65. The van der Waals surface area contributed by atoms with Crippen molar-refractivity contribution in [3.63, 3.8) is 0 Å². The molecular weight excluding hydrogens is 367 g/mol. The number of carbonyl (C=O) groups excluding carboxylic acids is 1. The summed E-state index contributed by atoms with van der Waals surface area (Å²) in [5.41, 5.74) is -0.721. The molecule has 1 N–H and O–H groups in total. The van der Waals surface area contributed by atoms with Gasteiger partial charge >= 0.3 is 12.3 Å². The van der Waals surface area contributed by atoms with Crippen molar-refractivity contribution < 1.29 is 37.3 Å². The molecule has 0 aliphatic carbocycles. The predicted molar refractivity (Wildman–Crippen MR) is 87.0 cm³/mol. The summed E-state index contributed by atoms with van der Waals surface area (Å²) in [6, 6.07) is 5.68. The van der Waals surface area contributed by atoms with Crippen LogP contribution in [0, 0.1) is 11.3 Å². The molecule has 0 aromatic heterocycles. The molecule has 1 amide bonds. The number of halogens is 3. The summed E-state index contributed by atoms with van der Waals surface area (Å²) < 4.78 is 46.8. The van der Waals surface area contributed by atoms with Gasteiger partial charge in [-0.1, -0.05) is 18.2 Å². The highest BCUT2D eigenvalue weighted by Gasteiger charge is 2.54. The molecule has 2 heterocycles. The molecule has 1 aromatic carbocycles. The number of aryl methyl sites for hydroxylation is 1. The van der Waals surface area contributed by atoms with Crippen molar-refractivity contribution in [1.82, 2.24) is 4.90 Å². The first-order chi connectivity index (χ1) is 12.7. The van der Waals surface area contributed by atoms with E-state index in [-0.39, 0.29) is 49.1 Å². The molecule has 0 saturated carbocycles. The van der Waals surface area contributed by atoms with Gasteiger partial charge < -0.3 is 19.5 Å². The minimum atomic E-state index is -4.81. The van der Waals surface area contributed by atoms with Crippen LogP contribution in [0.4, 0.5) is 13.2 Å². The molecule has 2 aliphatic rings. The van der Waals surface area contributed by atoms with Crippen LogP contribution in [0.5, 0.6) is 5.75 Å². The zero-order valence-corrected chi connectivity index (χ0v) is 14.5. The molecule has 9 heteroatoms. The molecule has 27 heavy (non-hydrogen) atoms. The van der Waals surface area contributed by atoms with E-state index < -0.39 is 17.7 Å². The van der Waals surface area contributed by atoms with Gasteiger partial charge in [-0.15, -0.1) is 13.2 Å². The summed E-state index contributed by atoms with van der Waals surface area (Å²) in [5, 5.41) is 9.63. The van der Waals surface area contributed by atoms with Crippen LogP contribution in [0.2, 0.25) is 0 Å². The van der Waals surface area contributed by atoms with E-state index in [2.05, 4.69) is 4.74 Å². The minimum absolute atomic E-state index is 0.0263. The van der Waals surface area contributed by atoms with Crippen LogP contribution >= 0.6 is 0 Å². The molecule has 3 rings (SSSR count). The standard InChI is InChI=1S/C18H20F3NO5/c19-18(20,21)27-14-4-2-1-3-12(14)5-6-15(23)22-9-13-10-26-8-7-17(13,11-22)16(24)25/h1-4,13H,5-11H2,(H,24,25)/t13-,17+/m0/s1. The average Bonchev–Trinajstić information content (AvgIpc) is 3.00. The molecular formula is C18H20F3NO5. The molecule has 2 atom stereocenters. The lowest BCUT2D eigenvalue weighted by molar-refractivity contribution is -0.274. The fourth-order valence-corrected chi connectivity index (χ4v) is 3.82. The molecule has 2 aliphatic heterocycles. The van der Waals surface area contributed by atoms with Gasteiger partial charge in [0.25, 0.3) is 0 Å². The van der Waals surface area contributed by atoms with E-state index in [9.17, 15) is 27.9 Å². The summed E-state index contributed by atoms with van der Waals surface area (Å²) in [4.78, 5) is 25.8. The van der Waals surface area contributed by atoms with Gasteiger partial charge in [-0.25, -0.2) is 0 Å². The second kappa shape index (κ2) is 7.38. The maximum Gasteiger partial charge on any atom is 0.573 e. The highest BCUT2D eigenvalue weighted by Crippen LogP contribution is 2.42. The van der Waals surface area contributed by atoms with Gasteiger partial charge in [0.15, 0.2) is 0 Å². The Labute approximate surface area is 153 Å². The number of hydrogen-bond donors (Lipinski definition) is 1. The third-order valence-electron chi connectivity index (χ3n) is 5.29. The minimum Gasteiger partial charge on any atom is -0.481 e. The number of fused-ring (bicyclic) bond motifs is 1. The first-order valence-corrected chi connectivity index (χ1v) is 8.64. The van der Waals surface area contributed by atoms with Gasteiger partial charge in [0, 0.05) is 32.0 Å². The molecule has 2 fully saturated rings. The van der Waals surface area contributed by atoms with E-state index in [1.807, 2.05) is 0 Å². The van der Waals surface area contributed by atoms with Crippen molar-refractivity contribution in [3.8, 4) is 5.75 Å². The summed E-state index contributed by atoms with van der Waals surface area (Å²) in [7, 11) is 0. The predicted octanol–water partition coefficient (Wildman–Crippen LogP) is 2.47. The first-order valence-electron chi connectivity index (χ1n) is 8.64. The van der Waals surface area contributed by atoms with Crippen LogP contribution in [0.3, 0.4) is 0 Å². The number of alkyl halides is 3. The summed E-state index contributed by atoms with van der Waals surface area (Å²) >= 11 is 0. The number of carboxylic acid groups (broad SMARTS) is 1. The Morgan fingerprint density at radius 1 is 1.33 bits per heavy atom. The highest BCUT2D eigenvalue weighted by molar-refractivity contribution is 5.81. The van der Waals surface area contributed by atoms with Crippen LogP contribution < -0.4 is 4.74 Å². The summed E-state index contributed by atoms with van der Waals surface area (Å²) in [6.45, 7) is 1.02. The molecule has 6 nitrogen and oxygen atoms in total. The van der Waals surface area contributed by atoms with Crippen molar-refractivity contribution in [1.29, 1.82) is 0 Å². The van der Waals surface area contributed by atoms with Crippen molar-refractivity contribution in [2.45, 2.75) is 25.6 Å². The number of carbonyl (C=O) groups is 2. The van der Waals surface area contributed by atoms with Crippen molar-refractivity contribution in [2.75, 3.05) is 26.3 Å². The number of ether oxygens (including phenoxy) is 2. The number of para-hydroxylation sites is 1. The second-order valence-corrected chi connectivity index (χ2v) is 6.91. The van der Waals surface area contributed by atoms with Gasteiger partial charge in [0.2, 0.25) is 5.91 Å². The van der Waals surface area contributed by atoms with Crippen LogP contribution in [-0.2, 0) is 20.7 Å². The third kappa shape index (κ3) is 4.18. The summed E-state index contributed by atoms with van der Waals surface area (Å²) in [5.74, 6) is -1.82.